The maximum absolute atomic E-state index is 11.3. The molecule has 0 aromatic carbocycles. The molecule has 1 aliphatic heterocycles. The third-order valence-electron chi connectivity index (χ3n) is 5.75. The molecule has 2 rings (SSSR count). The van der Waals surface area contributed by atoms with Crippen LogP contribution in [0.1, 0.15) is 66.2 Å². The highest BCUT2D eigenvalue weighted by Crippen LogP contribution is 2.39. The lowest BCUT2D eigenvalue weighted by atomic mass is 9.76. The predicted molar refractivity (Wildman–Crippen MR) is 81.7 cm³/mol. The Morgan fingerprint density at radius 2 is 1.80 bits per heavy atom. The Morgan fingerprint density at radius 3 is 2.35 bits per heavy atom. The molecule has 1 aliphatic carbocycles. The summed E-state index contributed by atoms with van der Waals surface area (Å²) in [6.07, 6.45) is 7.27. The van der Waals surface area contributed by atoms with E-state index in [2.05, 4.69) is 32.6 Å². The van der Waals surface area contributed by atoms with Crippen LogP contribution in [0.4, 0.5) is 0 Å². The van der Waals surface area contributed by atoms with Gasteiger partial charge in [0.15, 0.2) is 0 Å². The van der Waals surface area contributed by atoms with Crippen molar-refractivity contribution in [2.75, 3.05) is 6.54 Å². The first-order valence-electron chi connectivity index (χ1n) is 8.29. The van der Waals surface area contributed by atoms with Crippen molar-refractivity contribution in [3.05, 3.63) is 0 Å². The first kappa shape index (κ1) is 15.8. The number of likely N-dealkylation sites (tertiary alicyclic amines) is 1. The van der Waals surface area contributed by atoms with Crippen molar-refractivity contribution in [3.63, 3.8) is 0 Å². The van der Waals surface area contributed by atoms with Crippen LogP contribution in [0.15, 0.2) is 0 Å². The average Bonchev–Trinajstić information content (AvgIpc) is 2.58. The van der Waals surface area contributed by atoms with Gasteiger partial charge in [-0.25, -0.2) is 0 Å². The molecule has 0 aromatic heterocycles. The van der Waals surface area contributed by atoms with E-state index in [1.165, 1.54) is 32.1 Å². The first-order valence-corrected chi connectivity index (χ1v) is 8.29. The van der Waals surface area contributed by atoms with Crippen LogP contribution >= 0.6 is 0 Å². The summed E-state index contributed by atoms with van der Waals surface area (Å²) in [7, 11) is 0. The van der Waals surface area contributed by atoms with E-state index in [1.807, 2.05) is 0 Å². The monoisotopic (exact) mass is 281 g/mol. The zero-order valence-electron chi connectivity index (χ0n) is 13.6. The summed E-state index contributed by atoms with van der Waals surface area (Å²) < 4.78 is 0. The number of carboxylic acids is 1. The highest BCUT2D eigenvalue weighted by molar-refractivity contribution is 5.71. The minimum atomic E-state index is -0.610. The van der Waals surface area contributed by atoms with E-state index in [0.717, 1.165) is 18.9 Å². The van der Waals surface area contributed by atoms with E-state index in [9.17, 15) is 9.90 Å². The third-order valence-corrected chi connectivity index (χ3v) is 5.75. The van der Waals surface area contributed by atoms with E-state index in [0.29, 0.717) is 11.5 Å². The first-order chi connectivity index (χ1) is 9.30. The van der Waals surface area contributed by atoms with Crippen LogP contribution in [-0.4, -0.2) is 34.6 Å². The molecule has 1 heterocycles. The van der Waals surface area contributed by atoms with E-state index >= 15 is 0 Å². The fourth-order valence-corrected chi connectivity index (χ4v) is 4.29. The highest BCUT2D eigenvalue weighted by atomic mass is 16.4. The molecule has 1 saturated heterocycles. The zero-order chi connectivity index (χ0) is 14.9. The minimum absolute atomic E-state index is 0.156. The second kappa shape index (κ2) is 6.05. The molecule has 4 atom stereocenters. The molecule has 2 aliphatic rings. The topological polar surface area (TPSA) is 40.5 Å². The summed E-state index contributed by atoms with van der Waals surface area (Å²) in [5, 5.41) is 9.28. The van der Waals surface area contributed by atoms with Gasteiger partial charge in [0.1, 0.15) is 0 Å². The van der Waals surface area contributed by atoms with Gasteiger partial charge < -0.3 is 5.11 Å². The SMILES string of the molecule is CC1C(C(=O)O)CCN1C1CCCC(C(C)(C)C)CC1. The number of hydrogen-bond donors (Lipinski definition) is 1. The van der Waals surface area contributed by atoms with Gasteiger partial charge in [0, 0.05) is 12.1 Å². The predicted octanol–water partition coefficient (Wildman–Crippen LogP) is 3.78. The molecule has 2 fully saturated rings. The lowest BCUT2D eigenvalue weighted by Gasteiger charge is -2.33. The van der Waals surface area contributed by atoms with Crippen molar-refractivity contribution >= 4 is 5.97 Å². The summed E-state index contributed by atoms with van der Waals surface area (Å²) in [6.45, 7) is 10.2. The second-order valence-corrected chi connectivity index (χ2v) is 7.94. The summed E-state index contributed by atoms with van der Waals surface area (Å²) in [4.78, 5) is 13.8. The van der Waals surface area contributed by atoms with Crippen LogP contribution in [0, 0.1) is 17.3 Å². The van der Waals surface area contributed by atoms with E-state index in [-0.39, 0.29) is 12.0 Å². The largest absolute Gasteiger partial charge is 0.481 e. The standard InChI is InChI=1S/C17H31NO2/c1-12-15(16(19)20)10-11-18(12)14-7-5-6-13(8-9-14)17(2,3)4/h12-15H,5-11H2,1-4H3,(H,19,20). The van der Waals surface area contributed by atoms with Gasteiger partial charge in [-0.3, -0.25) is 9.69 Å². The van der Waals surface area contributed by atoms with Gasteiger partial charge in [-0.15, -0.1) is 0 Å². The van der Waals surface area contributed by atoms with Gasteiger partial charge in [0.2, 0.25) is 0 Å². The normalized spacial score (nSPS) is 36.8. The van der Waals surface area contributed by atoms with Crippen molar-refractivity contribution in [3.8, 4) is 0 Å². The molecule has 0 spiro atoms. The van der Waals surface area contributed by atoms with Crippen molar-refractivity contribution in [2.45, 2.75) is 78.3 Å². The van der Waals surface area contributed by atoms with Crippen molar-refractivity contribution in [1.29, 1.82) is 0 Å². The Bertz CT molecular complexity index is 347. The number of hydrogen-bond acceptors (Lipinski definition) is 2. The van der Waals surface area contributed by atoms with Crippen LogP contribution in [0.3, 0.4) is 0 Å². The summed E-state index contributed by atoms with van der Waals surface area (Å²) in [5.41, 5.74) is 0.412. The summed E-state index contributed by atoms with van der Waals surface area (Å²) in [5.74, 6) is 0.0542. The molecule has 4 unspecified atom stereocenters. The number of carbonyl (C=O) groups is 1. The van der Waals surface area contributed by atoms with Crippen LogP contribution < -0.4 is 0 Å². The number of carboxylic acid groups (broad SMARTS) is 1. The van der Waals surface area contributed by atoms with E-state index in [4.69, 9.17) is 0 Å². The molecule has 3 heteroatoms. The molecular weight excluding hydrogens is 250 g/mol. The number of nitrogens with zero attached hydrogens (tertiary/aromatic N) is 1. The molecular formula is C17H31NO2. The molecule has 0 aromatic rings. The van der Waals surface area contributed by atoms with Crippen LogP contribution in [0.2, 0.25) is 0 Å². The lowest BCUT2D eigenvalue weighted by Crippen LogP contribution is -2.40. The van der Waals surface area contributed by atoms with Crippen molar-refractivity contribution in [2.24, 2.45) is 17.3 Å². The average molecular weight is 281 g/mol. The number of rotatable bonds is 2. The van der Waals surface area contributed by atoms with Gasteiger partial charge in [-0.2, -0.15) is 0 Å². The fraction of sp³-hybridized carbons (Fsp3) is 0.941. The van der Waals surface area contributed by atoms with Crippen LogP contribution in [0.5, 0.6) is 0 Å². The van der Waals surface area contributed by atoms with E-state index in [1.54, 1.807) is 0 Å². The van der Waals surface area contributed by atoms with E-state index < -0.39 is 5.97 Å². The minimum Gasteiger partial charge on any atom is -0.481 e. The van der Waals surface area contributed by atoms with Gasteiger partial charge in [0.05, 0.1) is 5.92 Å². The molecule has 0 amide bonds. The Balaban J connectivity index is 1.96. The molecule has 1 N–H and O–H groups in total. The summed E-state index contributed by atoms with van der Waals surface area (Å²) >= 11 is 0. The second-order valence-electron chi connectivity index (χ2n) is 7.94. The Kier molecular flexibility index (Phi) is 4.78. The Labute approximate surface area is 123 Å². The highest BCUT2D eigenvalue weighted by Gasteiger charge is 2.39. The van der Waals surface area contributed by atoms with Crippen molar-refractivity contribution in [1.82, 2.24) is 4.90 Å². The third kappa shape index (κ3) is 3.36. The lowest BCUT2D eigenvalue weighted by molar-refractivity contribution is -0.142. The van der Waals surface area contributed by atoms with Gasteiger partial charge in [-0.1, -0.05) is 27.2 Å². The number of aliphatic carboxylic acids is 1. The molecule has 0 radical (unpaired) electrons. The van der Waals surface area contributed by atoms with Gasteiger partial charge in [-0.05, 0) is 56.9 Å². The van der Waals surface area contributed by atoms with Gasteiger partial charge >= 0.3 is 5.97 Å². The molecule has 0 bridgehead atoms. The smallest absolute Gasteiger partial charge is 0.308 e. The fourth-order valence-electron chi connectivity index (χ4n) is 4.29. The molecule has 20 heavy (non-hydrogen) atoms. The maximum Gasteiger partial charge on any atom is 0.308 e. The maximum atomic E-state index is 11.3. The Hall–Kier alpha value is -0.570. The van der Waals surface area contributed by atoms with Gasteiger partial charge in [0.25, 0.3) is 0 Å². The Morgan fingerprint density at radius 1 is 1.10 bits per heavy atom. The van der Waals surface area contributed by atoms with Crippen molar-refractivity contribution < 1.29 is 9.90 Å². The molecule has 1 saturated carbocycles. The summed E-state index contributed by atoms with van der Waals surface area (Å²) in [6, 6.07) is 0.824. The van der Waals surface area contributed by atoms with Crippen LogP contribution in [0.25, 0.3) is 0 Å². The van der Waals surface area contributed by atoms with Crippen LogP contribution in [-0.2, 0) is 4.79 Å². The zero-order valence-corrected chi connectivity index (χ0v) is 13.6. The quantitative estimate of drug-likeness (QED) is 0.783. The molecule has 116 valence electrons. The molecule has 3 nitrogen and oxygen atoms in total.